The van der Waals surface area contributed by atoms with Crippen LogP contribution in [0.5, 0.6) is 0 Å². The molecule has 2 aromatic heterocycles. The van der Waals surface area contributed by atoms with Crippen LogP contribution in [0, 0.1) is 0 Å². The monoisotopic (exact) mass is 290 g/mol. The van der Waals surface area contributed by atoms with E-state index in [9.17, 15) is 4.79 Å². The van der Waals surface area contributed by atoms with Crippen molar-refractivity contribution in [2.75, 3.05) is 7.05 Å². The van der Waals surface area contributed by atoms with E-state index in [0.717, 1.165) is 23.5 Å². The summed E-state index contributed by atoms with van der Waals surface area (Å²) >= 11 is 1.54. The summed E-state index contributed by atoms with van der Waals surface area (Å²) in [4.78, 5) is 26.5. The second-order valence-electron chi connectivity index (χ2n) is 4.60. The minimum absolute atomic E-state index is 0.0743. The Kier molecular flexibility index (Phi) is 4.79. The molecule has 0 radical (unpaired) electrons. The van der Waals surface area contributed by atoms with Crippen molar-refractivity contribution in [2.45, 2.75) is 32.7 Å². The fraction of sp³-hybridized carbons (Fsp3) is 0.429. The number of aromatic nitrogens is 3. The second-order valence-corrected chi connectivity index (χ2v) is 5.55. The highest BCUT2D eigenvalue weighted by atomic mass is 32.1. The van der Waals surface area contributed by atoms with Crippen molar-refractivity contribution >= 4 is 17.2 Å². The van der Waals surface area contributed by atoms with Crippen molar-refractivity contribution in [3.05, 3.63) is 40.4 Å². The largest absolute Gasteiger partial charge is 0.332 e. The molecule has 2 heterocycles. The summed E-state index contributed by atoms with van der Waals surface area (Å²) < 4.78 is 0. The van der Waals surface area contributed by atoms with Crippen molar-refractivity contribution in [3.8, 4) is 0 Å². The molecule has 0 bridgehead atoms. The van der Waals surface area contributed by atoms with Crippen molar-refractivity contribution < 1.29 is 4.79 Å². The molecule has 0 spiro atoms. The Labute approximate surface area is 122 Å². The van der Waals surface area contributed by atoms with Crippen molar-refractivity contribution in [2.24, 2.45) is 0 Å². The second kappa shape index (κ2) is 6.56. The third kappa shape index (κ3) is 3.19. The van der Waals surface area contributed by atoms with Gasteiger partial charge in [0.05, 0.1) is 16.7 Å². The molecular weight excluding hydrogens is 272 g/mol. The molecule has 0 saturated carbocycles. The predicted octanol–water partition coefficient (Wildman–Crippen LogP) is 2.72. The lowest BCUT2D eigenvalue weighted by Gasteiger charge is -2.23. The van der Waals surface area contributed by atoms with Gasteiger partial charge in [-0.3, -0.25) is 4.79 Å². The molecule has 0 saturated heterocycles. The summed E-state index contributed by atoms with van der Waals surface area (Å²) in [5, 5.41) is 2.84. The van der Waals surface area contributed by atoms with Crippen LogP contribution in [-0.4, -0.2) is 32.8 Å². The number of nitrogens with zero attached hydrogens (tertiary/aromatic N) is 4. The van der Waals surface area contributed by atoms with Gasteiger partial charge in [0.25, 0.3) is 5.91 Å². The van der Waals surface area contributed by atoms with Crippen LogP contribution in [-0.2, 0) is 6.42 Å². The molecule has 0 N–H and O–H groups in total. The van der Waals surface area contributed by atoms with Gasteiger partial charge < -0.3 is 4.90 Å². The van der Waals surface area contributed by atoms with E-state index in [2.05, 4.69) is 21.9 Å². The molecule has 0 aliphatic rings. The highest BCUT2D eigenvalue weighted by Crippen LogP contribution is 2.19. The van der Waals surface area contributed by atoms with E-state index in [-0.39, 0.29) is 11.9 Å². The smallest absolute Gasteiger partial charge is 0.273 e. The fourth-order valence-electron chi connectivity index (χ4n) is 1.84. The number of carbonyl (C=O) groups excluding carboxylic acids is 1. The first-order chi connectivity index (χ1) is 9.63. The number of rotatable bonds is 5. The normalized spacial score (nSPS) is 12.2. The summed E-state index contributed by atoms with van der Waals surface area (Å²) in [7, 11) is 1.77. The molecule has 2 aromatic rings. The molecule has 6 heteroatoms. The van der Waals surface area contributed by atoms with Crippen molar-refractivity contribution in [1.29, 1.82) is 0 Å². The lowest BCUT2D eigenvalue weighted by atomic mass is 10.2. The first-order valence-electron chi connectivity index (χ1n) is 6.61. The number of thiazole rings is 1. The van der Waals surface area contributed by atoms with E-state index in [1.165, 1.54) is 6.33 Å². The Morgan fingerprint density at radius 1 is 1.50 bits per heavy atom. The summed E-state index contributed by atoms with van der Waals surface area (Å²) in [5.41, 5.74) is 1.33. The van der Waals surface area contributed by atoms with Crippen LogP contribution in [0.3, 0.4) is 0 Å². The Balaban J connectivity index is 2.11. The molecule has 1 atom stereocenters. The van der Waals surface area contributed by atoms with Gasteiger partial charge >= 0.3 is 0 Å². The molecule has 106 valence electrons. The van der Waals surface area contributed by atoms with Gasteiger partial charge in [-0.25, -0.2) is 15.0 Å². The van der Waals surface area contributed by atoms with Crippen molar-refractivity contribution in [3.63, 3.8) is 0 Å². The maximum Gasteiger partial charge on any atom is 0.273 e. The lowest BCUT2D eigenvalue weighted by Crippen LogP contribution is -2.30. The summed E-state index contributed by atoms with van der Waals surface area (Å²) in [6.45, 7) is 4.05. The highest BCUT2D eigenvalue weighted by molar-refractivity contribution is 7.09. The maximum atomic E-state index is 12.4. The lowest BCUT2D eigenvalue weighted by molar-refractivity contribution is 0.0734. The van der Waals surface area contributed by atoms with E-state index >= 15 is 0 Å². The fourth-order valence-corrected chi connectivity index (χ4v) is 2.72. The Morgan fingerprint density at radius 3 is 2.95 bits per heavy atom. The topological polar surface area (TPSA) is 59.0 Å². The third-order valence-corrected chi connectivity index (χ3v) is 4.08. The quantitative estimate of drug-likeness (QED) is 0.849. The number of hydrogen-bond acceptors (Lipinski definition) is 5. The minimum atomic E-state index is -0.109. The summed E-state index contributed by atoms with van der Waals surface area (Å²) in [6, 6.07) is 1.71. The molecule has 5 nitrogen and oxygen atoms in total. The van der Waals surface area contributed by atoms with Crippen molar-refractivity contribution in [1.82, 2.24) is 19.9 Å². The van der Waals surface area contributed by atoms with Gasteiger partial charge in [-0.1, -0.05) is 6.92 Å². The van der Waals surface area contributed by atoms with Gasteiger partial charge in [-0.05, 0) is 25.8 Å². The average molecular weight is 290 g/mol. The minimum Gasteiger partial charge on any atom is -0.332 e. The van der Waals surface area contributed by atoms with E-state index < -0.39 is 0 Å². The standard InChI is InChI=1S/C14H18N4OS/c1-4-5-13-17-12(8-20-13)14(19)18(3)10(2)11-6-7-15-9-16-11/h6-10H,4-5H2,1-3H3/t10-/m0/s1. The van der Waals surface area contributed by atoms with E-state index in [1.807, 2.05) is 18.4 Å². The molecule has 0 aliphatic heterocycles. The molecule has 1 amide bonds. The molecule has 0 fully saturated rings. The zero-order valence-corrected chi connectivity index (χ0v) is 12.7. The molecule has 0 aliphatic carbocycles. The van der Waals surface area contributed by atoms with Gasteiger partial charge in [0, 0.05) is 18.6 Å². The summed E-state index contributed by atoms with van der Waals surface area (Å²) in [5.74, 6) is -0.0743. The SMILES string of the molecule is CCCc1nc(C(=O)N(C)[C@@H](C)c2ccncn2)cs1. The van der Waals surface area contributed by atoms with Crippen LogP contribution < -0.4 is 0 Å². The van der Waals surface area contributed by atoms with Crippen LogP contribution in [0.1, 0.15) is 47.5 Å². The molecule has 0 aromatic carbocycles. The van der Waals surface area contributed by atoms with Crippen LogP contribution in [0.15, 0.2) is 24.0 Å². The van der Waals surface area contributed by atoms with Gasteiger partial charge in [-0.2, -0.15) is 0 Å². The zero-order chi connectivity index (χ0) is 14.5. The van der Waals surface area contributed by atoms with E-state index in [4.69, 9.17) is 0 Å². The first-order valence-corrected chi connectivity index (χ1v) is 7.49. The number of hydrogen-bond donors (Lipinski definition) is 0. The van der Waals surface area contributed by atoms with E-state index in [0.29, 0.717) is 5.69 Å². The van der Waals surface area contributed by atoms with Crippen LogP contribution in [0.4, 0.5) is 0 Å². The molecule has 2 rings (SSSR count). The zero-order valence-electron chi connectivity index (χ0n) is 11.9. The Morgan fingerprint density at radius 2 is 2.30 bits per heavy atom. The first kappa shape index (κ1) is 14.6. The van der Waals surface area contributed by atoms with E-state index in [1.54, 1.807) is 29.5 Å². The number of aryl methyl sites for hydroxylation is 1. The summed E-state index contributed by atoms with van der Waals surface area (Å²) in [6.07, 6.45) is 5.13. The predicted molar refractivity (Wildman–Crippen MR) is 78.6 cm³/mol. The Hall–Kier alpha value is -1.82. The highest BCUT2D eigenvalue weighted by Gasteiger charge is 2.21. The number of carbonyl (C=O) groups is 1. The van der Waals surface area contributed by atoms with Crippen LogP contribution >= 0.6 is 11.3 Å². The van der Waals surface area contributed by atoms with Gasteiger partial charge in [0.2, 0.25) is 0 Å². The Bertz CT molecular complexity index is 570. The third-order valence-electron chi connectivity index (χ3n) is 3.17. The van der Waals surface area contributed by atoms with Gasteiger partial charge in [0.1, 0.15) is 12.0 Å². The average Bonchev–Trinajstić information content (AvgIpc) is 2.95. The van der Waals surface area contributed by atoms with Gasteiger partial charge in [-0.15, -0.1) is 11.3 Å². The molecule has 0 unspecified atom stereocenters. The molecule has 20 heavy (non-hydrogen) atoms. The van der Waals surface area contributed by atoms with Gasteiger partial charge in [0.15, 0.2) is 0 Å². The van der Waals surface area contributed by atoms with Crippen LogP contribution in [0.2, 0.25) is 0 Å². The maximum absolute atomic E-state index is 12.4. The number of amides is 1. The van der Waals surface area contributed by atoms with Crippen LogP contribution in [0.25, 0.3) is 0 Å². The molecular formula is C14H18N4OS.